The van der Waals surface area contributed by atoms with Crippen molar-refractivity contribution < 1.29 is 9.13 Å². The number of rotatable bonds is 2. The Hall–Kier alpha value is -0.290. The molecule has 3 rings (SSSR count). The molecule has 2 aliphatic rings. The highest BCUT2D eigenvalue weighted by Gasteiger charge is 2.40. The number of hydrogen-bond acceptors (Lipinski definition) is 3. The van der Waals surface area contributed by atoms with Gasteiger partial charge in [-0.2, -0.15) is 11.8 Å². The zero-order chi connectivity index (χ0) is 14.9. The summed E-state index contributed by atoms with van der Waals surface area (Å²) in [5.74, 6) is 2.23. The Balaban J connectivity index is 1.78. The summed E-state index contributed by atoms with van der Waals surface area (Å²) in [5.41, 5.74) is 7.14. The van der Waals surface area contributed by atoms with Crippen LogP contribution in [-0.2, 0) is 4.74 Å². The van der Waals surface area contributed by atoms with Gasteiger partial charge in [0.2, 0.25) is 0 Å². The first-order chi connectivity index (χ1) is 10.1. The number of thioether (sulfide) groups is 1. The summed E-state index contributed by atoms with van der Waals surface area (Å²) in [6, 6.07) is 4.68. The lowest BCUT2D eigenvalue weighted by Crippen LogP contribution is -2.45. The lowest BCUT2D eigenvalue weighted by Gasteiger charge is -2.45. The maximum atomic E-state index is 13.6. The number of halogens is 2. The van der Waals surface area contributed by atoms with Crippen molar-refractivity contribution in [2.45, 2.75) is 37.3 Å². The summed E-state index contributed by atoms with van der Waals surface area (Å²) in [6.07, 6.45) is 4.07. The molecule has 5 heteroatoms. The third-order valence-corrected chi connectivity index (χ3v) is 6.17. The van der Waals surface area contributed by atoms with Gasteiger partial charge in [0.25, 0.3) is 0 Å². The van der Waals surface area contributed by atoms with Crippen molar-refractivity contribution in [1.29, 1.82) is 0 Å². The summed E-state index contributed by atoms with van der Waals surface area (Å²) in [6.45, 7) is 0.746. The second-order valence-electron chi connectivity index (χ2n) is 6.07. The lowest BCUT2D eigenvalue weighted by molar-refractivity contribution is -0.105. The molecule has 1 spiro atoms. The monoisotopic (exact) mass is 329 g/mol. The molecule has 2 aliphatic heterocycles. The van der Waals surface area contributed by atoms with Gasteiger partial charge < -0.3 is 10.5 Å². The SMILES string of the molecule is NC(c1cccc(F)c1Cl)C1CCOC2(CCSCC2)C1. The molecule has 1 aromatic rings. The van der Waals surface area contributed by atoms with Crippen LogP contribution in [-0.4, -0.2) is 23.7 Å². The normalized spacial score (nSPS) is 26.7. The van der Waals surface area contributed by atoms with Gasteiger partial charge in [-0.15, -0.1) is 0 Å². The quantitative estimate of drug-likeness (QED) is 0.884. The molecular formula is C16H21ClFNOS. The minimum Gasteiger partial charge on any atom is -0.375 e. The van der Waals surface area contributed by atoms with E-state index in [1.165, 1.54) is 6.07 Å². The smallest absolute Gasteiger partial charge is 0.142 e. The van der Waals surface area contributed by atoms with Crippen molar-refractivity contribution in [2.24, 2.45) is 11.7 Å². The van der Waals surface area contributed by atoms with Gasteiger partial charge in [-0.25, -0.2) is 4.39 Å². The van der Waals surface area contributed by atoms with Crippen molar-refractivity contribution in [3.63, 3.8) is 0 Å². The van der Waals surface area contributed by atoms with Crippen LogP contribution in [0.5, 0.6) is 0 Å². The Kier molecular flexibility index (Phi) is 4.79. The van der Waals surface area contributed by atoms with Crippen LogP contribution in [0.3, 0.4) is 0 Å². The molecule has 2 heterocycles. The molecule has 21 heavy (non-hydrogen) atoms. The molecule has 2 nitrogen and oxygen atoms in total. The van der Waals surface area contributed by atoms with E-state index in [0.29, 0.717) is 5.92 Å². The highest BCUT2D eigenvalue weighted by molar-refractivity contribution is 7.99. The molecule has 2 atom stereocenters. The zero-order valence-corrected chi connectivity index (χ0v) is 13.6. The van der Waals surface area contributed by atoms with Crippen LogP contribution in [0.15, 0.2) is 18.2 Å². The Morgan fingerprint density at radius 2 is 2.14 bits per heavy atom. The molecule has 0 aliphatic carbocycles. The minimum atomic E-state index is -0.388. The molecule has 2 N–H and O–H groups in total. The molecule has 116 valence electrons. The Morgan fingerprint density at radius 3 is 2.90 bits per heavy atom. The molecule has 1 aromatic carbocycles. The zero-order valence-electron chi connectivity index (χ0n) is 12.0. The van der Waals surface area contributed by atoms with Crippen molar-refractivity contribution in [2.75, 3.05) is 18.1 Å². The third-order valence-electron chi connectivity index (χ3n) is 4.78. The molecule has 2 unspecified atom stereocenters. The highest BCUT2D eigenvalue weighted by Crippen LogP contribution is 2.43. The summed E-state index contributed by atoms with van der Waals surface area (Å²) < 4.78 is 19.7. The standard InChI is InChI=1S/C16H21ClFNOS/c17-14-12(2-1-3-13(14)18)15(19)11-4-7-20-16(10-11)5-8-21-9-6-16/h1-3,11,15H,4-10,19H2. The van der Waals surface area contributed by atoms with Gasteiger partial charge in [0.05, 0.1) is 10.6 Å². The maximum Gasteiger partial charge on any atom is 0.142 e. The van der Waals surface area contributed by atoms with Gasteiger partial charge in [-0.1, -0.05) is 23.7 Å². The average molecular weight is 330 g/mol. The number of nitrogens with two attached hydrogens (primary N) is 1. The van der Waals surface area contributed by atoms with Crippen LogP contribution in [0.2, 0.25) is 5.02 Å². The van der Waals surface area contributed by atoms with E-state index in [9.17, 15) is 4.39 Å². The van der Waals surface area contributed by atoms with Crippen molar-refractivity contribution >= 4 is 23.4 Å². The topological polar surface area (TPSA) is 35.2 Å². The summed E-state index contributed by atoms with van der Waals surface area (Å²) >= 11 is 8.09. The first-order valence-electron chi connectivity index (χ1n) is 7.52. The third kappa shape index (κ3) is 3.24. The molecule has 0 amide bonds. The predicted octanol–water partition coefficient (Wildman–Crippen LogP) is 4.17. The van der Waals surface area contributed by atoms with E-state index in [-0.39, 0.29) is 22.5 Å². The van der Waals surface area contributed by atoms with Gasteiger partial charge in [-0.05, 0) is 54.7 Å². The van der Waals surface area contributed by atoms with Crippen molar-refractivity contribution in [1.82, 2.24) is 0 Å². The average Bonchev–Trinajstić information content (AvgIpc) is 2.50. The molecule has 0 radical (unpaired) electrons. The van der Waals surface area contributed by atoms with E-state index in [1.54, 1.807) is 6.07 Å². The molecule has 0 aromatic heterocycles. The van der Waals surface area contributed by atoms with Crippen LogP contribution in [0, 0.1) is 11.7 Å². The van der Waals surface area contributed by atoms with E-state index in [0.717, 1.165) is 49.4 Å². The first kappa shape index (κ1) is 15.6. The van der Waals surface area contributed by atoms with Crippen LogP contribution in [0.4, 0.5) is 4.39 Å². The first-order valence-corrected chi connectivity index (χ1v) is 9.06. The second kappa shape index (κ2) is 6.45. The van der Waals surface area contributed by atoms with Crippen LogP contribution in [0.1, 0.15) is 37.3 Å². The van der Waals surface area contributed by atoms with E-state index in [2.05, 4.69) is 0 Å². The number of ether oxygens (including phenoxy) is 1. The Morgan fingerprint density at radius 1 is 1.38 bits per heavy atom. The molecule has 0 saturated carbocycles. The highest BCUT2D eigenvalue weighted by atomic mass is 35.5. The van der Waals surface area contributed by atoms with Crippen molar-refractivity contribution in [3.05, 3.63) is 34.6 Å². The van der Waals surface area contributed by atoms with Gasteiger partial charge in [0.15, 0.2) is 0 Å². The Labute approximate surface area is 134 Å². The van der Waals surface area contributed by atoms with Crippen LogP contribution >= 0.6 is 23.4 Å². The Bertz CT molecular complexity index is 502. The predicted molar refractivity (Wildman–Crippen MR) is 86.3 cm³/mol. The molecule has 0 bridgehead atoms. The number of hydrogen-bond donors (Lipinski definition) is 1. The van der Waals surface area contributed by atoms with E-state index >= 15 is 0 Å². The van der Waals surface area contributed by atoms with Gasteiger partial charge >= 0.3 is 0 Å². The number of benzene rings is 1. The summed E-state index contributed by atoms with van der Waals surface area (Å²) in [4.78, 5) is 0. The molecule has 2 fully saturated rings. The van der Waals surface area contributed by atoms with Crippen LogP contribution in [0.25, 0.3) is 0 Å². The second-order valence-corrected chi connectivity index (χ2v) is 7.67. The summed E-state index contributed by atoms with van der Waals surface area (Å²) in [7, 11) is 0. The fourth-order valence-corrected chi connectivity index (χ4v) is 4.98. The van der Waals surface area contributed by atoms with Gasteiger partial charge in [-0.3, -0.25) is 0 Å². The molecule has 2 saturated heterocycles. The lowest BCUT2D eigenvalue weighted by atomic mass is 9.77. The van der Waals surface area contributed by atoms with E-state index in [4.69, 9.17) is 22.1 Å². The maximum absolute atomic E-state index is 13.6. The van der Waals surface area contributed by atoms with E-state index in [1.807, 2.05) is 17.8 Å². The summed E-state index contributed by atoms with van der Waals surface area (Å²) in [5, 5.41) is 0.171. The van der Waals surface area contributed by atoms with Gasteiger partial charge in [0.1, 0.15) is 5.82 Å². The minimum absolute atomic E-state index is 0.00835. The van der Waals surface area contributed by atoms with Gasteiger partial charge in [0, 0.05) is 12.6 Å². The largest absolute Gasteiger partial charge is 0.375 e. The van der Waals surface area contributed by atoms with E-state index < -0.39 is 0 Å². The molecular weight excluding hydrogens is 309 g/mol. The fourth-order valence-electron chi connectivity index (χ4n) is 3.50. The van der Waals surface area contributed by atoms with Crippen molar-refractivity contribution in [3.8, 4) is 0 Å². The van der Waals surface area contributed by atoms with Crippen LogP contribution < -0.4 is 5.73 Å². The fraction of sp³-hybridized carbons (Fsp3) is 0.625.